The van der Waals surface area contributed by atoms with Gasteiger partial charge in [-0.3, -0.25) is 10.1 Å². The maximum absolute atomic E-state index is 9.76. The first-order valence-electron chi connectivity index (χ1n) is 9.71. The normalized spacial score (nSPS) is 11.5. The third-order valence-electron chi connectivity index (χ3n) is 5.17. The number of hydrogen-bond donors (Lipinski definition) is 3. The van der Waals surface area contributed by atoms with E-state index >= 15 is 0 Å². The van der Waals surface area contributed by atoms with Crippen LogP contribution in [0.5, 0.6) is 5.75 Å². The van der Waals surface area contributed by atoms with Crippen molar-refractivity contribution >= 4 is 33.4 Å². The van der Waals surface area contributed by atoms with Crippen LogP contribution in [0.1, 0.15) is 4.88 Å². The van der Waals surface area contributed by atoms with Crippen LogP contribution in [-0.2, 0) is 0 Å². The maximum Gasteiger partial charge on any atom is 0.161 e. The number of imidazole rings is 1. The zero-order valence-electron chi connectivity index (χ0n) is 16.4. The summed E-state index contributed by atoms with van der Waals surface area (Å²) in [6, 6.07) is 15.8. The van der Waals surface area contributed by atoms with Crippen molar-refractivity contribution in [1.82, 2.24) is 30.1 Å². The molecule has 0 aliphatic rings. The van der Waals surface area contributed by atoms with Gasteiger partial charge < -0.3 is 10.1 Å². The lowest BCUT2D eigenvalue weighted by molar-refractivity contribution is 0.473. The number of aromatic nitrogens is 6. The summed E-state index contributed by atoms with van der Waals surface area (Å²) in [5.41, 5.74) is 6.53. The fourth-order valence-corrected chi connectivity index (χ4v) is 4.61. The Hall–Kier alpha value is -4.04. The fraction of sp³-hybridized carbons (Fsp3) is 0.0435. The molecule has 0 radical (unpaired) electrons. The van der Waals surface area contributed by atoms with E-state index in [1.807, 2.05) is 24.3 Å². The minimum absolute atomic E-state index is 0.0976. The number of para-hydroxylation sites is 1. The number of pyridine rings is 2. The third kappa shape index (κ3) is 2.96. The van der Waals surface area contributed by atoms with Crippen LogP contribution < -0.4 is 0 Å². The largest absolute Gasteiger partial charge is 0.506 e. The number of benzene rings is 1. The highest BCUT2D eigenvalue weighted by molar-refractivity contribution is 7.15. The molecule has 8 heteroatoms. The van der Waals surface area contributed by atoms with Crippen molar-refractivity contribution in [2.75, 3.05) is 0 Å². The molecule has 0 spiro atoms. The summed E-state index contributed by atoms with van der Waals surface area (Å²) < 4.78 is 0. The second-order valence-corrected chi connectivity index (χ2v) is 8.58. The molecule has 0 aliphatic heterocycles. The Labute approximate surface area is 180 Å². The van der Waals surface area contributed by atoms with Crippen LogP contribution in [0, 0.1) is 6.92 Å². The van der Waals surface area contributed by atoms with Gasteiger partial charge in [0.25, 0.3) is 0 Å². The van der Waals surface area contributed by atoms with Gasteiger partial charge in [0.2, 0.25) is 0 Å². The van der Waals surface area contributed by atoms with E-state index in [0.29, 0.717) is 22.7 Å². The minimum Gasteiger partial charge on any atom is -0.506 e. The van der Waals surface area contributed by atoms with E-state index in [1.54, 1.807) is 23.6 Å². The molecule has 5 aromatic heterocycles. The summed E-state index contributed by atoms with van der Waals surface area (Å²) in [7, 11) is 0. The molecule has 7 nitrogen and oxygen atoms in total. The molecule has 6 aromatic rings. The topological polar surface area (TPSA) is 103 Å². The Bertz CT molecular complexity index is 1580. The van der Waals surface area contributed by atoms with Crippen molar-refractivity contribution in [2.45, 2.75) is 6.92 Å². The van der Waals surface area contributed by atoms with Crippen LogP contribution in [-0.4, -0.2) is 35.2 Å². The Balaban J connectivity index is 1.51. The Kier molecular flexibility index (Phi) is 3.87. The molecule has 5 heterocycles. The lowest BCUT2D eigenvalue weighted by atomic mass is 10.1. The van der Waals surface area contributed by atoms with E-state index in [4.69, 9.17) is 9.97 Å². The van der Waals surface area contributed by atoms with Crippen LogP contribution in [0.25, 0.3) is 55.3 Å². The molecule has 1 aromatic carbocycles. The zero-order valence-corrected chi connectivity index (χ0v) is 17.2. The third-order valence-corrected chi connectivity index (χ3v) is 6.20. The van der Waals surface area contributed by atoms with E-state index in [1.165, 1.54) is 16.0 Å². The SMILES string of the molecule is Cc1ccc(-c2cccc3[nH]c(-c4n[nH]c5ccc(-c6cncc(O)c6)nc45)nc23)s1. The number of aryl methyl sites for hydroxylation is 1. The summed E-state index contributed by atoms with van der Waals surface area (Å²) in [4.78, 5) is 19.5. The van der Waals surface area contributed by atoms with Gasteiger partial charge in [0.05, 0.1) is 28.4 Å². The lowest BCUT2D eigenvalue weighted by Gasteiger charge is -2.01. The first-order valence-corrected chi connectivity index (χ1v) is 10.5. The van der Waals surface area contributed by atoms with Gasteiger partial charge >= 0.3 is 0 Å². The van der Waals surface area contributed by atoms with Crippen molar-refractivity contribution in [3.63, 3.8) is 0 Å². The number of nitrogens with one attached hydrogen (secondary N) is 2. The molecule has 150 valence electrons. The van der Waals surface area contributed by atoms with Gasteiger partial charge in [-0.2, -0.15) is 5.10 Å². The standard InChI is InChI=1S/C23H16N6OS/c1-12-5-8-19(31-12)15-3-2-4-17-20(15)27-23(26-17)22-21-18(28-29-22)7-6-16(25-21)13-9-14(30)11-24-10-13/h2-11,30H,1H3,(H,26,27)(H,28,29). The number of thiophene rings is 1. The second-order valence-electron chi connectivity index (χ2n) is 7.29. The monoisotopic (exact) mass is 424 g/mol. The van der Waals surface area contributed by atoms with Gasteiger partial charge in [0.15, 0.2) is 11.5 Å². The summed E-state index contributed by atoms with van der Waals surface area (Å²) >= 11 is 1.75. The number of aromatic hydroxyl groups is 1. The zero-order chi connectivity index (χ0) is 20.9. The van der Waals surface area contributed by atoms with Gasteiger partial charge in [-0.05, 0) is 43.3 Å². The van der Waals surface area contributed by atoms with Crippen LogP contribution in [0.4, 0.5) is 0 Å². The van der Waals surface area contributed by atoms with E-state index in [-0.39, 0.29) is 5.75 Å². The predicted octanol–water partition coefficient (Wildman–Crippen LogP) is 5.31. The molecule has 3 N–H and O–H groups in total. The molecule has 0 unspecified atom stereocenters. The number of nitrogens with zero attached hydrogens (tertiary/aromatic N) is 4. The van der Waals surface area contributed by atoms with Crippen molar-refractivity contribution in [2.24, 2.45) is 0 Å². The van der Waals surface area contributed by atoms with E-state index in [2.05, 4.69) is 45.3 Å². The number of hydrogen-bond acceptors (Lipinski definition) is 6. The number of fused-ring (bicyclic) bond motifs is 2. The average molecular weight is 424 g/mol. The van der Waals surface area contributed by atoms with Crippen LogP contribution in [0.3, 0.4) is 0 Å². The Morgan fingerprint density at radius 1 is 0.935 bits per heavy atom. The summed E-state index contributed by atoms with van der Waals surface area (Å²) in [6.07, 6.45) is 3.07. The van der Waals surface area contributed by atoms with Gasteiger partial charge in [-0.15, -0.1) is 11.3 Å². The fourth-order valence-electron chi connectivity index (χ4n) is 3.72. The lowest BCUT2D eigenvalue weighted by Crippen LogP contribution is -1.87. The molecule has 6 rings (SSSR count). The smallest absolute Gasteiger partial charge is 0.161 e. The highest BCUT2D eigenvalue weighted by Crippen LogP contribution is 2.34. The molecule has 31 heavy (non-hydrogen) atoms. The number of H-pyrrole nitrogens is 2. The quantitative estimate of drug-likeness (QED) is 0.357. The van der Waals surface area contributed by atoms with Crippen LogP contribution >= 0.6 is 11.3 Å². The average Bonchev–Trinajstić information content (AvgIpc) is 3.50. The van der Waals surface area contributed by atoms with Crippen LogP contribution in [0.2, 0.25) is 0 Å². The van der Waals surface area contributed by atoms with E-state index < -0.39 is 0 Å². The highest BCUT2D eigenvalue weighted by atomic mass is 32.1. The molecule has 0 amide bonds. The predicted molar refractivity (Wildman–Crippen MR) is 122 cm³/mol. The van der Waals surface area contributed by atoms with E-state index in [0.717, 1.165) is 27.7 Å². The van der Waals surface area contributed by atoms with E-state index in [9.17, 15) is 5.11 Å². The maximum atomic E-state index is 9.76. The molecule has 0 atom stereocenters. The van der Waals surface area contributed by atoms with Crippen molar-refractivity contribution < 1.29 is 5.11 Å². The number of aromatic amines is 2. The van der Waals surface area contributed by atoms with Gasteiger partial charge in [0, 0.05) is 27.1 Å². The molecular formula is C23H16N6OS. The molecule has 0 saturated carbocycles. The highest BCUT2D eigenvalue weighted by Gasteiger charge is 2.17. The Morgan fingerprint density at radius 3 is 2.71 bits per heavy atom. The van der Waals surface area contributed by atoms with Crippen molar-refractivity contribution in [1.29, 1.82) is 0 Å². The first-order chi connectivity index (χ1) is 15.2. The second kappa shape index (κ2) is 6.75. The molecule has 0 aliphatic carbocycles. The summed E-state index contributed by atoms with van der Waals surface area (Å²) in [5.74, 6) is 0.751. The molecule has 0 fully saturated rings. The summed E-state index contributed by atoms with van der Waals surface area (Å²) in [6.45, 7) is 2.10. The van der Waals surface area contributed by atoms with Gasteiger partial charge in [-0.1, -0.05) is 12.1 Å². The molecule has 0 saturated heterocycles. The summed E-state index contributed by atoms with van der Waals surface area (Å²) in [5, 5.41) is 17.3. The Morgan fingerprint density at radius 2 is 1.87 bits per heavy atom. The minimum atomic E-state index is 0.0976. The molecular weight excluding hydrogens is 408 g/mol. The first kappa shape index (κ1) is 17.8. The van der Waals surface area contributed by atoms with Crippen LogP contribution in [0.15, 0.2) is 60.9 Å². The van der Waals surface area contributed by atoms with Crippen molar-refractivity contribution in [3.05, 3.63) is 65.8 Å². The van der Waals surface area contributed by atoms with Gasteiger partial charge in [0.1, 0.15) is 11.3 Å². The number of rotatable bonds is 3. The van der Waals surface area contributed by atoms with Crippen molar-refractivity contribution in [3.8, 4) is 39.0 Å². The molecule has 0 bridgehead atoms. The van der Waals surface area contributed by atoms with Gasteiger partial charge in [-0.25, -0.2) is 9.97 Å².